The summed E-state index contributed by atoms with van der Waals surface area (Å²) in [5.41, 5.74) is 0.819. The van der Waals surface area contributed by atoms with Crippen molar-refractivity contribution in [1.29, 1.82) is 0 Å². The van der Waals surface area contributed by atoms with Crippen LogP contribution in [0.1, 0.15) is 18.4 Å². The fraction of sp³-hybridized carbons (Fsp3) is 0.438. The Bertz CT molecular complexity index is 549. The van der Waals surface area contributed by atoms with Crippen LogP contribution in [-0.4, -0.2) is 53.9 Å². The first kappa shape index (κ1) is 19.6. The summed E-state index contributed by atoms with van der Waals surface area (Å²) < 4.78 is 4.44. The number of methoxy groups -OCH3 is 1. The van der Waals surface area contributed by atoms with E-state index in [4.69, 9.17) is 0 Å². The summed E-state index contributed by atoms with van der Waals surface area (Å²) in [5.74, 6) is -2.15. The molecule has 0 spiro atoms. The van der Waals surface area contributed by atoms with Gasteiger partial charge in [-0.1, -0.05) is 30.3 Å². The molecule has 1 aromatic carbocycles. The molecule has 0 saturated heterocycles. The molecule has 0 bridgehead atoms. The van der Waals surface area contributed by atoms with Crippen molar-refractivity contribution >= 4 is 17.8 Å². The highest BCUT2D eigenvalue weighted by Gasteiger charge is 2.29. The lowest BCUT2D eigenvalue weighted by Gasteiger charge is -2.17. The van der Waals surface area contributed by atoms with E-state index in [2.05, 4.69) is 15.4 Å². The Labute approximate surface area is 139 Å². The largest absolute Gasteiger partial charge is 0.469 e. The molecule has 2 atom stereocenters. The lowest BCUT2D eigenvalue weighted by Crippen LogP contribution is -2.49. The van der Waals surface area contributed by atoms with Crippen LogP contribution in [0.2, 0.25) is 0 Å². The molecular formula is C16H22N2O6. The molecule has 2 amide bonds. The number of esters is 1. The molecule has 0 aliphatic heterocycles. The number of carbonyl (C=O) groups excluding carboxylic acids is 3. The number of hydrogen-bond acceptors (Lipinski definition) is 6. The summed E-state index contributed by atoms with van der Waals surface area (Å²) in [4.78, 5) is 34.3. The highest BCUT2D eigenvalue weighted by Crippen LogP contribution is 2.00. The van der Waals surface area contributed by atoms with Crippen molar-refractivity contribution in [2.75, 3.05) is 13.7 Å². The Morgan fingerprint density at radius 1 is 1.04 bits per heavy atom. The maximum Gasteiger partial charge on any atom is 0.305 e. The molecule has 8 heteroatoms. The highest BCUT2D eigenvalue weighted by molar-refractivity contribution is 5.90. The molecule has 4 N–H and O–H groups in total. The predicted octanol–water partition coefficient (Wildman–Crippen LogP) is -0.906. The number of rotatable bonds is 9. The molecule has 132 valence electrons. The van der Waals surface area contributed by atoms with Crippen molar-refractivity contribution in [3.05, 3.63) is 35.9 Å². The van der Waals surface area contributed by atoms with Crippen molar-refractivity contribution in [3.63, 3.8) is 0 Å². The average Bonchev–Trinajstić information content (AvgIpc) is 2.62. The lowest BCUT2D eigenvalue weighted by molar-refractivity contribution is -0.146. The molecular weight excluding hydrogens is 316 g/mol. The van der Waals surface area contributed by atoms with Crippen LogP contribution in [0.5, 0.6) is 0 Å². The number of amides is 2. The third-order valence-corrected chi connectivity index (χ3v) is 3.23. The highest BCUT2D eigenvalue weighted by atomic mass is 16.5. The Kier molecular flexibility index (Phi) is 8.45. The van der Waals surface area contributed by atoms with Crippen molar-refractivity contribution in [1.82, 2.24) is 10.6 Å². The molecule has 0 aromatic heterocycles. The van der Waals surface area contributed by atoms with Crippen LogP contribution >= 0.6 is 0 Å². The molecule has 8 nitrogen and oxygen atoms in total. The van der Waals surface area contributed by atoms with Crippen LogP contribution in [0.25, 0.3) is 0 Å². The quantitative estimate of drug-likeness (QED) is 0.341. The third kappa shape index (κ3) is 6.76. The first-order valence-electron chi connectivity index (χ1n) is 7.48. The second-order valence-corrected chi connectivity index (χ2v) is 5.06. The van der Waals surface area contributed by atoms with Crippen LogP contribution in [0, 0.1) is 0 Å². The number of ether oxygens (including phenoxy) is 1. The lowest BCUT2D eigenvalue weighted by atomic mass is 10.1. The van der Waals surface area contributed by atoms with Gasteiger partial charge in [0.05, 0.1) is 7.11 Å². The van der Waals surface area contributed by atoms with E-state index in [0.29, 0.717) is 6.42 Å². The Morgan fingerprint density at radius 2 is 1.62 bits per heavy atom. The van der Waals surface area contributed by atoms with E-state index in [1.54, 1.807) is 24.3 Å². The number of hydrogen-bond donors (Lipinski definition) is 4. The Morgan fingerprint density at radius 3 is 2.21 bits per heavy atom. The Balaban J connectivity index is 2.33. The van der Waals surface area contributed by atoms with Gasteiger partial charge in [0.2, 0.25) is 0 Å². The van der Waals surface area contributed by atoms with Crippen molar-refractivity contribution in [2.45, 2.75) is 31.6 Å². The zero-order valence-electron chi connectivity index (χ0n) is 13.4. The molecule has 0 heterocycles. The van der Waals surface area contributed by atoms with Gasteiger partial charge in [-0.2, -0.15) is 0 Å². The number of carbonyl (C=O) groups is 3. The van der Waals surface area contributed by atoms with E-state index in [1.165, 1.54) is 7.11 Å². The van der Waals surface area contributed by atoms with Gasteiger partial charge in [-0.3, -0.25) is 14.4 Å². The summed E-state index contributed by atoms with van der Waals surface area (Å²) in [6.45, 7) is 0.285. The van der Waals surface area contributed by atoms with Gasteiger partial charge in [0.1, 0.15) is 0 Å². The van der Waals surface area contributed by atoms with Gasteiger partial charge in [0.25, 0.3) is 11.8 Å². The molecule has 0 aliphatic rings. The van der Waals surface area contributed by atoms with Crippen molar-refractivity contribution in [3.8, 4) is 0 Å². The number of nitrogens with one attached hydrogen (secondary N) is 2. The van der Waals surface area contributed by atoms with Gasteiger partial charge >= 0.3 is 5.97 Å². The minimum atomic E-state index is -1.89. The number of aliphatic hydroxyl groups excluding tert-OH is 2. The maximum absolute atomic E-state index is 11.8. The van der Waals surface area contributed by atoms with E-state index < -0.39 is 30.0 Å². The second kappa shape index (κ2) is 10.3. The topological polar surface area (TPSA) is 125 Å². The van der Waals surface area contributed by atoms with Crippen molar-refractivity contribution < 1.29 is 29.3 Å². The molecule has 0 fully saturated rings. The molecule has 24 heavy (non-hydrogen) atoms. The minimum absolute atomic E-state index is 0.114. The fourth-order valence-corrected chi connectivity index (χ4v) is 1.83. The minimum Gasteiger partial charge on any atom is -0.469 e. The van der Waals surface area contributed by atoms with Gasteiger partial charge in [0, 0.05) is 19.5 Å². The van der Waals surface area contributed by atoms with Crippen LogP contribution in [0.4, 0.5) is 0 Å². The predicted molar refractivity (Wildman–Crippen MR) is 84.6 cm³/mol. The number of benzene rings is 1. The zero-order chi connectivity index (χ0) is 17.9. The molecule has 2 unspecified atom stereocenters. The van der Waals surface area contributed by atoms with E-state index in [0.717, 1.165) is 5.56 Å². The normalized spacial score (nSPS) is 12.8. The fourth-order valence-electron chi connectivity index (χ4n) is 1.83. The number of aliphatic hydroxyl groups is 2. The average molecular weight is 338 g/mol. The summed E-state index contributed by atoms with van der Waals surface area (Å²) in [6.07, 6.45) is -3.33. The van der Waals surface area contributed by atoms with E-state index in [-0.39, 0.29) is 19.5 Å². The van der Waals surface area contributed by atoms with Crippen LogP contribution in [0.15, 0.2) is 30.3 Å². The second-order valence-electron chi connectivity index (χ2n) is 5.06. The molecule has 1 rings (SSSR count). The van der Waals surface area contributed by atoms with Crippen LogP contribution in [-0.2, 0) is 25.7 Å². The molecule has 0 aliphatic carbocycles. The van der Waals surface area contributed by atoms with Crippen LogP contribution in [0.3, 0.4) is 0 Å². The van der Waals surface area contributed by atoms with E-state index in [1.807, 2.05) is 6.07 Å². The first-order chi connectivity index (χ1) is 11.5. The summed E-state index contributed by atoms with van der Waals surface area (Å²) >= 11 is 0. The van der Waals surface area contributed by atoms with Gasteiger partial charge in [-0.25, -0.2) is 0 Å². The van der Waals surface area contributed by atoms with E-state index in [9.17, 15) is 24.6 Å². The molecule has 0 radical (unpaired) electrons. The smallest absolute Gasteiger partial charge is 0.305 e. The monoisotopic (exact) mass is 338 g/mol. The first-order valence-corrected chi connectivity index (χ1v) is 7.48. The molecule has 0 saturated carbocycles. The van der Waals surface area contributed by atoms with Crippen molar-refractivity contribution in [2.24, 2.45) is 0 Å². The summed E-state index contributed by atoms with van der Waals surface area (Å²) in [7, 11) is 1.26. The Hall–Kier alpha value is -2.45. The SMILES string of the molecule is COC(=O)CCCNC(=O)C(O)C(O)C(=O)NCc1ccccc1. The zero-order valence-corrected chi connectivity index (χ0v) is 13.4. The van der Waals surface area contributed by atoms with E-state index >= 15 is 0 Å². The maximum atomic E-state index is 11.8. The third-order valence-electron chi connectivity index (χ3n) is 3.23. The molecule has 1 aromatic rings. The van der Waals surface area contributed by atoms with Gasteiger partial charge in [-0.15, -0.1) is 0 Å². The summed E-state index contributed by atoms with van der Waals surface area (Å²) in [6, 6.07) is 9.01. The van der Waals surface area contributed by atoms with Gasteiger partial charge in [0.15, 0.2) is 12.2 Å². The van der Waals surface area contributed by atoms with Crippen LogP contribution < -0.4 is 10.6 Å². The van der Waals surface area contributed by atoms with Gasteiger partial charge < -0.3 is 25.6 Å². The van der Waals surface area contributed by atoms with Gasteiger partial charge in [-0.05, 0) is 12.0 Å². The standard InChI is InChI=1S/C16H22N2O6/c1-24-12(19)8-5-9-17-15(22)13(20)14(21)16(23)18-10-11-6-3-2-4-7-11/h2-4,6-7,13-14,20-21H,5,8-10H2,1H3,(H,17,22)(H,18,23). The summed E-state index contributed by atoms with van der Waals surface area (Å²) in [5, 5.41) is 24.2.